The van der Waals surface area contributed by atoms with Crippen molar-refractivity contribution in [2.75, 3.05) is 46.2 Å². The van der Waals surface area contributed by atoms with Crippen molar-refractivity contribution in [1.29, 1.82) is 10.5 Å². The number of nitriles is 2. The SMILES string of the molecule is CCCOCC(CCCCC#N)(COCCN)COCCC#N. The van der Waals surface area contributed by atoms with E-state index in [4.69, 9.17) is 30.5 Å². The van der Waals surface area contributed by atoms with Crippen LogP contribution in [0.3, 0.4) is 0 Å². The van der Waals surface area contributed by atoms with E-state index in [9.17, 15) is 0 Å². The highest BCUT2D eigenvalue weighted by atomic mass is 16.5. The number of ether oxygens (including phenoxy) is 3. The van der Waals surface area contributed by atoms with Crippen molar-refractivity contribution < 1.29 is 14.2 Å². The Balaban J connectivity index is 4.63. The third kappa shape index (κ3) is 12.0. The topological polar surface area (TPSA) is 101 Å². The molecular formula is C17H31N3O3. The first-order valence-corrected chi connectivity index (χ1v) is 8.42. The van der Waals surface area contributed by atoms with Gasteiger partial charge in [-0.05, 0) is 19.3 Å². The van der Waals surface area contributed by atoms with Crippen LogP contribution >= 0.6 is 0 Å². The number of hydrogen-bond acceptors (Lipinski definition) is 6. The molecule has 0 radical (unpaired) electrons. The summed E-state index contributed by atoms with van der Waals surface area (Å²) in [7, 11) is 0. The minimum Gasteiger partial charge on any atom is -0.381 e. The van der Waals surface area contributed by atoms with Crippen molar-refractivity contribution in [2.24, 2.45) is 11.1 Å². The Morgan fingerprint density at radius 3 is 2.04 bits per heavy atom. The molecule has 1 atom stereocenters. The summed E-state index contributed by atoms with van der Waals surface area (Å²) in [5, 5.41) is 17.3. The van der Waals surface area contributed by atoms with Crippen molar-refractivity contribution in [3.63, 3.8) is 0 Å². The van der Waals surface area contributed by atoms with Crippen LogP contribution in [0, 0.1) is 28.1 Å². The number of rotatable bonds is 16. The van der Waals surface area contributed by atoms with Crippen molar-refractivity contribution in [3.8, 4) is 12.1 Å². The molecule has 0 aromatic heterocycles. The lowest BCUT2D eigenvalue weighted by Gasteiger charge is -2.33. The zero-order valence-corrected chi connectivity index (χ0v) is 14.4. The van der Waals surface area contributed by atoms with Gasteiger partial charge in [0.05, 0.1) is 51.6 Å². The van der Waals surface area contributed by atoms with Crippen molar-refractivity contribution in [2.45, 2.75) is 45.4 Å². The summed E-state index contributed by atoms with van der Waals surface area (Å²) in [6, 6.07) is 4.25. The number of nitrogens with two attached hydrogens (primary N) is 1. The van der Waals surface area contributed by atoms with Crippen LogP contribution in [0.1, 0.15) is 45.4 Å². The summed E-state index contributed by atoms with van der Waals surface area (Å²) in [4.78, 5) is 0. The molecule has 6 heteroatoms. The van der Waals surface area contributed by atoms with Crippen LogP contribution in [0.5, 0.6) is 0 Å². The van der Waals surface area contributed by atoms with Gasteiger partial charge in [-0.25, -0.2) is 0 Å². The second-order valence-electron chi connectivity index (χ2n) is 5.72. The van der Waals surface area contributed by atoms with E-state index in [1.54, 1.807) is 0 Å². The van der Waals surface area contributed by atoms with Gasteiger partial charge >= 0.3 is 0 Å². The molecule has 0 saturated carbocycles. The number of unbranched alkanes of at least 4 members (excludes halogenated alkanes) is 2. The highest BCUT2D eigenvalue weighted by Gasteiger charge is 2.31. The lowest BCUT2D eigenvalue weighted by Crippen LogP contribution is -2.38. The van der Waals surface area contributed by atoms with E-state index < -0.39 is 0 Å². The van der Waals surface area contributed by atoms with E-state index in [-0.39, 0.29) is 5.41 Å². The Morgan fingerprint density at radius 1 is 0.870 bits per heavy atom. The predicted molar refractivity (Wildman–Crippen MR) is 88.5 cm³/mol. The molecule has 0 rings (SSSR count). The van der Waals surface area contributed by atoms with E-state index in [1.807, 2.05) is 0 Å². The molecule has 132 valence electrons. The van der Waals surface area contributed by atoms with Gasteiger partial charge in [0, 0.05) is 25.0 Å². The van der Waals surface area contributed by atoms with Crippen LogP contribution < -0.4 is 5.73 Å². The molecule has 0 aromatic rings. The zero-order valence-electron chi connectivity index (χ0n) is 14.4. The van der Waals surface area contributed by atoms with Gasteiger partial charge in [0.2, 0.25) is 0 Å². The maximum Gasteiger partial charge on any atom is 0.0645 e. The maximum absolute atomic E-state index is 8.67. The predicted octanol–water partition coefficient (Wildman–Crippen LogP) is 2.39. The van der Waals surface area contributed by atoms with Crippen LogP contribution in [0.2, 0.25) is 0 Å². The second kappa shape index (κ2) is 15.7. The summed E-state index contributed by atoms with van der Waals surface area (Å²) < 4.78 is 17.1. The Hall–Kier alpha value is -1.18. The van der Waals surface area contributed by atoms with Crippen molar-refractivity contribution in [3.05, 3.63) is 0 Å². The van der Waals surface area contributed by atoms with E-state index in [0.717, 1.165) is 25.7 Å². The lowest BCUT2D eigenvalue weighted by atomic mass is 9.84. The maximum atomic E-state index is 8.67. The molecule has 0 aliphatic rings. The molecule has 0 aliphatic heterocycles. The molecule has 0 amide bonds. The number of hydrogen-bond donors (Lipinski definition) is 1. The molecule has 1 unspecified atom stereocenters. The van der Waals surface area contributed by atoms with Gasteiger partial charge < -0.3 is 19.9 Å². The minimum atomic E-state index is -0.241. The van der Waals surface area contributed by atoms with Crippen LogP contribution in [-0.2, 0) is 14.2 Å². The van der Waals surface area contributed by atoms with Gasteiger partial charge in [0.15, 0.2) is 0 Å². The van der Waals surface area contributed by atoms with Crippen molar-refractivity contribution in [1.82, 2.24) is 0 Å². The molecule has 23 heavy (non-hydrogen) atoms. The van der Waals surface area contributed by atoms with Crippen LogP contribution in [0.15, 0.2) is 0 Å². The summed E-state index contributed by atoms with van der Waals surface area (Å²) in [6.45, 7) is 5.76. The third-order valence-corrected chi connectivity index (χ3v) is 3.44. The smallest absolute Gasteiger partial charge is 0.0645 e. The Kier molecular flexibility index (Phi) is 14.9. The minimum absolute atomic E-state index is 0.241. The summed E-state index contributed by atoms with van der Waals surface area (Å²) in [5.74, 6) is 0. The summed E-state index contributed by atoms with van der Waals surface area (Å²) in [5.41, 5.74) is 5.26. The first-order valence-electron chi connectivity index (χ1n) is 8.42. The molecule has 0 spiro atoms. The Bertz CT molecular complexity index is 316. The van der Waals surface area contributed by atoms with Crippen LogP contribution in [0.4, 0.5) is 0 Å². The van der Waals surface area contributed by atoms with Crippen LogP contribution in [-0.4, -0.2) is 46.2 Å². The first kappa shape index (κ1) is 21.8. The molecule has 0 aromatic carbocycles. The molecule has 2 N–H and O–H groups in total. The zero-order chi connectivity index (χ0) is 17.2. The monoisotopic (exact) mass is 325 g/mol. The van der Waals surface area contributed by atoms with Gasteiger partial charge in [-0.2, -0.15) is 10.5 Å². The fourth-order valence-corrected chi connectivity index (χ4v) is 2.26. The van der Waals surface area contributed by atoms with Gasteiger partial charge in [0.1, 0.15) is 0 Å². The molecule has 0 saturated heterocycles. The van der Waals surface area contributed by atoms with E-state index >= 15 is 0 Å². The Morgan fingerprint density at radius 2 is 1.48 bits per heavy atom. The molecule has 0 aliphatic carbocycles. The molecule has 0 heterocycles. The number of nitrogens with zero attached hydrogens (tertiary/aromatic N) is 2. The lowest BCUT2D eigenvalue weighted by molar-refractivity contribution is -0.0728. The van der Waals surface area contributed by atoms with E-state index in [1.165, 1.54) is 0 Å². The van der Waals surface area contributed by atoms with E-state index in [0.29, 0.717) is 59.0 Å². The Labute approximate surface area is 140 Å². The molecule has 0 fully saturated rings. The quantitative estimate of drug-likeness (QED) is 0.437. The fourth-order valence-electron chi connectivity index (χ4n) is 2.26. The third-order valence-electron chi connectivity index (χ3n) is 3.44. The van der Waals surface area contributed by atoms with Gasteiger partial charge in [0.25, 0.3) is 0 Å². The highest BCUT2D eigenvalue weighted by molar-refractivity contribution is 4.81. The normalized spacial score (nSPS) is 13.2. The standard InChI is InChI=1S/C17H31N3O3/c1-2-11-21-14-17(16-23-13-10-20,7-4-3-5-8-18)15-22-12-6-9-19/h2-7,10-16,20H2,1H3. The molecule has 6 nitrogen and oxygen atoms in total. The molecule has 0 bridgehead atoms. The van der Waals surface area contributed by atoms with Gasteiger partial charge in [-0.15, -0.1) is 0 Å². The average molecular weight is 325 g/mol. The highest BCUT2D eigenvalue weighted by Crippen LogP contribution is 2.27. The fraction of sp³-hybridized carbons (Fsp3) is 0.882. The van der Waals surface area contributed by atoms with Crippen LogP contribution in [0.25, 0.3) is 0 Å². The largest absolute Gasteiger partial charge is 0.381 e. The summed E-state index contributed by atoms with van der Waals surface area (Å²) in [6.07, 6.45) is 4.56. The average Bonchev–Trinajstić information content (AvgIpc) is 2.56. The van der Waals surface area contributed by atoms with Gasteiger partial charge in [-0.3, -0.25) is 0 Å². The van der Waals surface area contributed by atoms with E-state index in [2.05, 4.69) is 19.1 Å². The van der Waals surface area contributed by atoms with Gasteiger partial charge in [-0.1, -0.05) is 13.3 Å². The van der Waals surface area contributed by atoms with Crippen molar-refractivity contribution >= 4 is 0 Å². The molecular weight excluding hydrogens is 294 g/mol. The second-order valence-corrected chi connectivity index (χ2v) is 5.72. The first-order chi connectivity index (χ1) is 11.2. The summed E-state index contributed by atoms with van der Waals surface area (Å²) >= 11 is 0.